The lowest BCUT2D eigenvalue weighted by Crippen LogP contribution is -2.34. The van der Waals surface area contributed by atoms with Gasteiger partial charge in [-0.15, -0.1) is 0 Å². The molecule has 0 aliphatic carbocycles. The number of hydrogen-bond donors (Lipinski definition) is 0. The maximum Gasteiger partial charge on any atom is 0.179 e. The SMILES string of the molecule is Cc1c(C(=O)CN2CCCCC2)c2cccc(F)c2n1-c1ccc(C#N)cc1. The summed E-state index contributed by atoms with van der Waals surface area (Å²) in [5.74, 6) is -0.329. The Morgan fingerprint density at radius 2 is 1.82 bits per heavy atom. The first kappa shape index (κ1) is 18.4. The summed E-state index contributed by atoms with van der Waals surface area (Å²) in [6, 6.07) is 14.0. The van der Waals surface area contributed by atoms with E-state index in [1.165, 1.54) is 12.5 Å². The van der Waals surface area contributed by atoms with E-state index in [4.69, 9.17) is 5.26 Å². The minimum atomic E-state index is -0.359. The third-order valence-electron chi connectivity index (χ3n) is 5.53. The quantitative estimate of drug-likeness (QED) is 0.625. The molecule has 142 valence electrons. The topological polar surface area (TPSA) is 49.0 Å². The maximum atomic E-state index is 14.8. The molecule has 0 radical (unpaired) electrons. The van der Waals surface area contributed by atoms with Gasteiger partial charge in [0.25, 0.3) is 0 Å². The highest BCUT2D eigenvalue weighted by atomic mass is 19.1. The number of carbonyl (C=O) groups is 1. The molecule has 1 saturated heterocycles. The number of para-hydroxylation sites is 1. The molecule has 0 N–H and O–H groups in total. The molecule has 1 fully saturated rings. The van der Waals surface area contributed by atoms with Crippen LogP contribution >= 0.6 is 0 Å². The lowest BCUT2D eigenvalue weighted by atomic mass is 10.0. The predicted octanol–water partition coefficient (Wildman–Crippen LogP) is 4.62. The smallest absolute Gasteiger partial charge is 0.179 e. The molecule has 0 bridgehead atoms. The van der Waals surface area contributed by atoms with Crippen LogP contribution < -0.4 is 0 Å². The average molecular weight is 375 g/mol. The normalized spacial score (nSPS) is 14.9. The molecule has 28 heavy (non-hydrogen) atoms. The van der Waals surface area contributed by atoms with E-state index in [-0.39, 0.29) is 11.6 Å². The lowest BCUT2D eigenvalue weighted by Gasteiger charge is -2.25. The predicted molar refractivity (Wildman–Crippen MR) is 107 cm³/mol. The first-order valence-corrected chi connectivity index (χ1v) is 9.66. The molecule has 2 heterocycles. The number of Topliss-reactive ketones (excluding diaryl/α,β-unsaturated/α-hetero) is 1. The summed E-state index contributed by atoms with van der Waals surface area (Å²) in [6.07, 6.45) is 3.45. The molecule has 0 atom stereocenters. The highest BCUT2D eigenvalue weighted by Gasteiger charge is 2.24. The number of hydrogen-bond acceptors (Lipinski definition) is 3. The third-order valence-corrected chi connectivity index (χ3v) is 5.53. The second-order valence-electron chi connectivity index (χ2n) is 7.35. The number of nitriles is 1. The summed E-state index contributed by atoms with van der Waals surface area (Å²) in [4.78, 5) is 15.4. The molecule has 4 nitrogen and oxygen atoms in total. The van der Waals surface area contributed by atoms with Crippen LogP contribution in [-0.4, -0.2) is 34.9 Å². The molecule has 1 aliphatic rings. The fourth-order valence-electron chi connectivity index (χ4n) is 4.18. The minimum Gasteiger partial charge on any atom is -0.310 e. The third kappa shape index (κ3) is 3.21. The van der Waals surface area contributed by atoms with Crippen molar-refractivity contribution in [3.8, 4) is 11.8 Å². The van der Waals surface area contributed by atoms with E-state index in [1.54, 1.807) is 34.9 Å². The van der Waals surface area contributed by atoms with Crippen LogP contribution in [0, 0.1) is 24.1 Å². The maximum absolute atomic E-state index is 14.8. The van der Waals surface area contributed by atoms with Gasteiger partial charge < -0.3 is 4.57 Å². The number of benzene rings is 2. The molecular formula is C23H22FN3O. The molecular weight excluding hydrogens is 353 g/mol. The number of halogens is 1. The van der Waals surface area contributed by atoms with Gasteiger partial charge in [0.2, 0.25) is 0 Å². The fourth-order valence-corrected chi connectivity index (χ4v) is 4.18. The Morgan fingerprint density at radius 1 is 1.11 bits per heavy atom. The van der Waals surface area contributed by atoms with Gasteiger partial charge in [0.15, 0.2) is 5.78 Å². The van der Waals surface area contributed by atoms with Gasteiger partial charge >= 0.3 is 0 Å². The van der Waals surface area contributed by atoms with Gasteiger partial charge in [0, 0.05) is 22.3 Å². The summed E-state index contributed by atoms with van der Waals surface area (Å²) < 4.78 is 16.6. The summed E-state index contributed by atoms with van der Waals surface area (Å²) >= 11 is 0. The molecule has 0 amide bonds. The average Bonchev–Trinajstić information content (AvgIpc) is 3.02. The number of aromatic nitrogens is 1. The van der Waals surface area contributed by atoms with Crippen molar-refractivity contribution in [1.29, 1.82) is 5.26 Å². The van der Waals surface area contributed by atoms with Crippen LogP contribution in [0.2, 0.25) is 0 Å². The Hall–Kier alpha value is -2.97. The van der Waals surface area contributed by atoms with E-state index < -0.39 is 0 Å². The van der Waals surface area contributed by atoms with Crippen LogP contribution in [0.4, 0.5) is 4.39 Å². The first-order valence-electron chi connectivity index (χ1n) is 9.66. The van der Waals surface area contributed by atoms with Gasteiger partial charge in [-0.3, -0.25) is 9.69 Å². The van der Waals surface area contributed by atoms with E-state index in [2.05, 4.69) is 11.0 Å². The Balaban J connectivity index is 1.83. The van der Waals surface area contributed by atoms with Crippen molar-refractivity contribution < 1.29 is 9.18 Å². The highest BCUT2D eigenvalue weighted by molar-refractivity contribution is 6.11. The largest absolute Gasteiger partial charge is 0.310 e. The second-order valence-corrected chi connectivity index (χ2v) is 7.35. The summed E-state index contributed by atoms with van der Waals surface area (Å²) in [5.41, 5.74) is 3.01. The number of fused-ring (bicyclic) bond motifs is 1. The summed E-state index contributed by atoms with van der Waals surface area (Å²) in [5, 5.41) is 9.68. The van der Waals surface area contributed by atoms with Crippen LogP contribution in [0.15, 0.2) is 42.5 Å². The second kappa shape index (κ2) is 7.57. The van der Waals surface area contributed by atoms with Crippen molar-refractivity contribution in [3.63, 3.8) is 0 Å². The van der Waals surface area contributed by atoms with Crippen LogP contribution in [0.3, 0.4) is 0 Å². The van der Waals surface area contributed by atoms with Gasteiger partial charge in [-0.25, -0.2) is 4.39 Å². The molecule has 5 heteroatoms. The van der Waals surface area contributed by atoms with Crippen molar-refractivity contribution >= 4 is 16.7 Å². The number of carbonyl (C=O) groups excluding carboxylic acids is 1. The molecule has 4 rings (SSSR count). The van der Waals surface area contributed by atoms with E-state index in [0.29, 0.717) is 28.6 Å². The molecule has 0 spiro atoms. The van der Waals surface area contributed by atoms with Crippen LogP contribution in [-0.2, 0) is 0 Å². The standard InChI is InChI=1S/C23H22FN3O/c1-16-22(21(28)15-26-12-3-2-4-13-26)19-6-5-7-20(24)23(19)27(16)18-10-8-17(14-25)9-11-18/h5-11H,2-4,12-13,15H2,1H3. The van der Waals surface area contributed by atoms with Crippen molar-refractivity contribution in [2.24, 2.45) is 0 Å². The van der Waals surface area contributed by atoms with Crippen LogP contribution in [0.25, 0.3) is 16.6 Å². The number of piperidine rings is 1. The Labute approximate surface area is 163 Å². The van der Waals surface area contributed by atoms with Crippen LogP contribution in [0.5, 0.6) is 0 Å². The lowest BCUT2D eigenvalue weighted by molar-refractivity contribution is 0.0916. The summed E-state index contributed by atoms with van der Waals surface area (Å²) in [6.45, 7) is 4.10. The van der Waals surface area contributed by atoms with Gasteiger partial charge in [-0.2, -0.15) is 5.26 Å². The number of nitrogens with zero attached hydrogens (tertiary/aromatic N) is 3. The van der Waals surface area contributed by atoms with Gasteiger partial charge in [-0.1, -0.05) is 18.6 Å². The van der Waals surface area contributed by atoms with Gasteiger partial charge in [0.05, 0.1) is 23.7 Å². The van der Waals surface area contributed by atoms with E-state index in [9.17, 15) is 9.18 Å². The van der Waals surface area contributed by atoms with E-state index >= 15 is 0 Å². The van der Waals surface area contributed by atoms with Crippen molar-refractivity contribution in [2.75, 3.05) is 19.6 Å². The zero-order chi connectivity index (χ0) is 19.7. The minimum absolute atomic E-state index is 0.0300. The fraction of sp³-hybridized carbons (Fsp3) is 0.304. The number of rotatable bonds is 4. The monoisotopic (exact) mass is 375 g/mol. The Morgan fingerprint density at radius 3 is 2.50 bits per heavy atom. The number of likely N-dealkylation sites (tertiary alicyclic amines) is 1. The van der Waals surface area contributed by atoms with Gasteiger partial charge in [0.1, 0.15) is 5.82 Å². The molecule has 1 aromatic heterocycles. The molecule has 0 saturated carbocycles. The van der Waals surface area contributed by atoms with Crippen molar-refractivity contribution in [3.05, 3.63) is 65.1 Å². The zero-order valence-corrected chi connectivity index (χ0v) is 15.9. The molecule has 1 aliphatic heterocycles. The highest BCUT2D eigenvalue weighted by Crippen LogP contribution is 2.31. The van der Waals surface area contributed by atoms with Crippen molar-refractivity contribution in [1.82, 2.24) is 9.47 Å². The Bertz CT molecular complexity index is 1070. The molecule has 3 aromatic rings. The summed E-state index contributed by atoms with van der Waals surface area (Å²) in [7, 11) is 0. The molecule has 2 aromatic carbocycles. The zero-order valence-electron chi connectivity index (χ0n) is 15.9. The first-order chi connectivity index (χ1) is 13.6. The van der Waals surface area contributed by atoms with E-state index in [0.717, 1.165) is 37.3 Å². The number of ketones is 1. The van der Waals surface area contributed by atoms with Gasteiger partial charge in [-0.05, 0) is 63.2 Å². The molecule has 0 unspecified atom stereocenters. The van der Waals surface area contributed by atoms with E-state index in [1.807, 2.05) is 13.0 Å². The van der Waals surface area contributed by atoms with Crippen LogP contribution in [0.1, 0.15) is 40.9 Å². The Kier molecular flexibility index (Phi) is 4.97. The van der Waals surface area contributed by atoms with Crippen molar-refractivity contribution in [2.45, 2.75) is 26.2 Å².